The van der Waals surface area contributed by atoms with Gasteiger partial charge in [0.25, 0.3) is 0 Å². The zero-order chi connectivity index (χ0) is 16.8. The van der Waals surface area contributed by atoms with Gasteiger partial charge in [0.05, 0.1) is 24.4 Å². The maximum absolute atomic E-state index is 12.1. The highest BCUT2D eigenvalue weighted by Gasteiger charge is 2.14. The van der Waals surface area contributed by atoms with Gasteiger partial charge in [-0.1, -0.05) is 28.1 Å². The number of amides is 1. The van der Waals surface area contributed by atoms with E-state index in [-0.39, 0.29) is 12.0 Å². The van der Waals surface area contributed by atoms with Gasteiger partial charge in [0.2, 0.25) is 5.91 Å². The second-order valence-electron chi connectivity index (χ2n) is 5.80. The van der Waals surface area contributed by atoms with E-state index in [0.29, 0.717) is 12.2 Å². The topological polar surface area (TPSA) is 63.2 Å². The van der Waals surface area contributed by atoms with Crippen molar-refractivity contribution >= 4 is 33.3 Å². The molecule has 1 atom stereocenters. The molecule has 2 N–H and O–H groups in total. The number of benzene rings is 1. The fraction of sp³-hybridized carbons (Fsp3) is 0.333. The third-order valence-corrected chi connectivity index (χ3v) is 4.40. The first-order valence-electron chi connectivity index (χ1n) is 8.05. The molecule has 24 heavy (non-hydrogen) atoms. The number of carbonyl (C=O) groups is 1. The summed E-state index contributed by atoms with van der Waals surface area (Å²) in [6.07, 6.45) is 4.58. The quantitative estimate of drug-likeness (QED) is 0.791. The molecule has 1 saturated heterocycles. The Bertz CT molecular complexity index is 668. The largest absolute Gasteiger partial charge is 0.381 e. The van der Waals surface area contributed by atoms with Crippen LogP contribution in [0.1, 0.15) is 18.4 Å². The van der Waals surface area contributed by atoms with Crippen molar-refractivity contribution in [2.75, 3.05) is 23.8 Å². The fourth-order valence-corrected chi connectivity index (χ4v) is 2.85. The first kappa shape index (κ1) is 16.9. The van der Waals surface area contributed by atoms with Crippen LogP contribution in [0.15, 0.2) is 47.1 Å². The van der Waals surface area contributed by atoms with Crippen molar-refractivity contribution in [3.05, 3.63) is 52.6 Å². The second kappa shape index (κ2) is 8.26. The molecule has 1 amide bonds. The number of rotatable bonds is 6. The van der Waals surface area contributed by atoms with E-state index < -0.39 is 0 Å². The number of nitrogens with zero attached hydrogens (tertiary/aromatic N) is 1. The molecule has 1 aromatic heterocycles. The molecule has 0 aliphatic carbocycles. The van der Waals surface area contributed by atoms with Crippen LogP contribution >= 0.6 is 15.9 Å². The summed E-state index contributed by atoms with van der Waals surface area (Å²) < 4.78 is 6.57. The van der Waals surface area contributed by atoms with Gasteiger partial charge in [-0.2, -0.15) is 0 Å². The minimum atomic E-state index is -0.0788. The molecule has 0 radical (unpaired) electrons. The summed E-state index contributed by atoms with van der Waals surface area (Å²) in [7, 11) is 0. The van der Waals surface area contributed by atoms with Crippen LogP contribution in [-0.4, -0.2) is 30.1 Å². The monoisotopic (exact) mass is 389 g/mol. The lowest BCUT2D eigenvalue weighted by Crippen LogP contribution is -2.18. The molecule has 1 aromatic carbocycles. The van der Waals surface area contributed by atoms with Gasteiger partial charge in [-0.3, -0.25) is 4.79 Å². The molecule has 2 heterocycles. The third kappa shape index (κ3) is 5.04. The number of aromatic nitrogens is 1. The van der Waals surface area contributed by atoms with Gasteiger partial charge in [-0.25, -0.2) is 4.98 Å². The van der Waals surface area contributed by atoms with E-state index in [9.17, 15) is 4.79 Å². The lowest BCUT2D eigenvalue weighted by Gasteiger charge is -2.12. The zero-order valence-corrected chi connectivity index (χ0v) is 14.9. The molecule has 1 aliphatic rings. The lowest BCUT2D eigenvalue weighted by atomic mass is 10.1. The van der Waals surface area contributed by atoms with E-state index in [4.69, 9.17) is 4.74 Å². The van der Waals surface area contributed by atoms with Crippen LogP contribution in [0.2, 0.25) is 0 Å². The van der Waals surface area contributed by atoms with E-state index in [1.54, 1.807) is 12.3 Å². The minimum Gasteiger partial charge on any atom is -0.381 e. The predicted octanol–water partition coefficient (Wildman–Crippen LogP) is 3.62. The van der Waals surface area contributed by atoms with E-state index in [1.807, 2.05) is 30.3 Å². The molecule has 1 unspecified atom stereocenters. The van der Waals surface area contributed by atoms with Crippen LogP contribution in [0, 0.1) is 0 Å². The number of carbonyl (C=O) groups excluding carboxylic acids is 1. The van der Waals surface area contributed by atoms with Gasteiger partial charge in [-0.05, 0) is 42.7 Å². The number of ether oxygens (including phenoxy) is 1. The molecule has 0 bridgehead atoms. The standard InChI is InChI=1S/C18H20BrN3O2/c19-14-5-3-13(4-6-14)10-18(23)22-17-8-7-15(11-21-17)20-12-16-2-1-9-24-16/h3-8,11,16,20H,1-2,9-10,12H2,(H,21,22,23). The second-order valence-corrected chi connectivity index (χ2v) is 6.72. The van der Waals surface area contributed by atoms with Crippen LogP contribution < -0.4 is 10.6 Å². The summed E-state index contributed by atoms with van der Waals surface area (Å²) >= 11 is 3.38. The van der Waals surface area contributed by atoms with Crippen molar-refractivity contribution in [1.29, 1.82) is 0 Å². The summed E-state index contributed by atoms with van der Waals surface area (Å²) in [5, 5.41) is 6.12. The highest BCUT2D eigenvalue weighted by atomic mass is 79.9. The molecule has 1 aliphatic heterocycles. The normalized spacial score (nSPS) is 16.8. The first-order valence-corrected chi connectivity index (χ1v) is 8.84. The number of halogens is 1. The summed E-state index contributed by atoms with van der Waals surface area (Å²) in [4.78, 5) is 16.3. The van der Waals surface area contributed by atoms with Crippen molar-refractivity contribution in [3.8, 4) is 0 Å². The summed E-state index contributed by atoms with van der Waals surface area (Å²) in [5.74, 6) is 0.477. The molecular weight excluding hydrogens is 370 g/mol. The van der Waals surface area contributed by atoms with Gasteiger partial charge >= 0.3 is 0 Å². The number of pyridine rings is 1. The minimum absolute atomic E-state index is 0.0788. The average molecular weight is 390 g/mol. The molecule has 0 spiro atoms. The Kier molecular flexibility index (Phi) is 5.82. The maximum Gasteiger partial charge on any atom is 0.229 e. The highest BCUT2D eigenvalue weighted by Crippen LogP contribution is 2.15. The fourth-order valence-electron chi connectivity index (χ4n) is 2.58. The Balaban J connectivity index is 1.47. The molecule has 5 nitrogen and oxygen atoms in total. The molecule has 3 rings (SSSR count). The van der Waals surface area contributed by atoms with E-state index in [1.165, 1.54) is 0 Å². The zero-order valence-electron chi connectivity index (χ0n) is 13.3. The molecular formula is C18H20BrN3O2. The Morgan fingerprint density at radius 1 is 1.25 bits per heavy atom. The molecule has 126 valence electrons. The summed E-state index contributed by atoms with van der Waals surface area (Å²) in [6.45, 7) is 1.64. The molecule has 1 fully saturated rings. The van der Waals surface area contributed by atoms with Gasteiger partial charge in [0.1, 0.15) is 5.82 Å². The van der Waals surface area contributed by atoms with Crippen molar-refractivity contribution in [1.82, 2.24) is 4.98 Å². The van der Waals surface area contributed by atoms with Crippen molar-refractivity contribution in [3.63, 3.8) is 0 Å². The number of anilines is 2. The van der Waals surface area contributed by atoms with E-state index >= 15 is 0 Å². The van der Waals surface area contributed by atoms with Crippen LogP contribution in [0.3, 0.4) is 0 Å². The highest BCUT2D eigenvalue weighted by molar-refractivity contribution is 9.10. The van der Waals surface area contributed by atoms with E-state index in [0.717, 1.165) is 41.7 Å². The third-order valence-electron chi connectivity index (χ3n) is 3.87. The molecule has 6 heteroatoms. The Morgan fingerprint density at radius 2 is 2.08 bits per heavy atom. The van der Waals surface area contributed by atoms with Crippen LogP contribution in [-0.2, 0) is 16.0 Å². The number of hydrogen-bond acceptors (Lipinski definition) is 4. The predicted molar refractivity (Wildman–Crippen MR) is 98.2 cm³/mol. The summed E-state index contributed by atoms with van der Waals surface area (Å²) in [6, 6.07) is 11.4. The molecule has 2 aromatic rings. The lowest BCUT2D eigenvalue weighted by molar-refractivity contribution is -0.115. The van der Waals surface area contributed by atoms with Crippen molar-refractivity contribution in [2.24, 2.45) is 0 Å². The van der Waals surface area contributed by atoms with Crippen LogP contribution in [0.25, 0.3) is 0 Å². The number of nitrogens with one attached hydrogen (secondary N) is 2. The SMILES string of the molecule is O=C(Cc1ccc(Br)cc1)Nc1ccc(NCC2CCCO2)cn1. The summed E-state index contributed by atoms with van der Waals surface area (Å²) in [5.41, 5.74) is 1.89. The first-order chi connectivity index (χ1) is 11.7. The van der Waals surface area contributed by atoms with Crippen molar-refractivity contribution in [2.45, 2.75) is 25.4 Å². The number of hydrogen-bond donors (Lipinski definition) is 2. The Morgan fingerprint density at radius 3 is 2.75 bits per heavy atom. The van der Waals surface area contributed by atoms with Gasteiger partial charge in [0, 0.05) is 17.6 Å². The van der Waals surface area contributed by atoms with Crippen LogP contribution in [0.4, 0.5) is 11.5 Å². The van der Waals surface area contributed by atoms with Gasteiger partial charge < -0.3 is 15.4 Å². The van der Waals surface area contributed by atoms with Crippen molar-refractivity contribution < 1.29 is 9.53 Å². The average Bonchev–Trinajstić information content (AvgIpc) is 3.10. The Labute approximate surface area is 149 Å². The van der Waals surface area contributed by atoms with Crippen LogP contribution in [0.5, 0.6) is 0 Å². The van der Waals surface area contributed by atoms with E-state index in [2.05, 4.69) is 31.5 Å². The van der Waals surface area contributed by atoms with Gasteiger partial charge in [-0.15, -0.1) is 0 Å². The molecule has 0 saturated carbocycles. The van der Waals surface area contributed by atoms with Gasteiger partial charge in [0.15, 0.2) is 0 Å². The smallest absolute Gasteiger partial charge is 0.229 e. The Hall–Kier alpha value is -1.92. The maximum atomic E-state index is 12.1.